The third-order valence-corrected chi connectivity index (χ3v) is 2.41. The lowest BCUT2D eigenvalue weighted by molar-refractivity contribution is -0.122. The maximum absolute atomic E-state index is 11.6. The van der Waals surface area contributed by atoms with Crippen molar-refractivity contribution in [3.63, 3.8) is 0 Å². The molecule has 0 unspecified atom stereocenters. The first kappa shape index (κ1) is 14.7. The molecule has 0 aliphatic rings. The number of aromatic nitrogens is 1. The molecule has 0 atom stereocenters. The van der Waals surface area contributed by atoms with Crippen LogP contribution in [0.1, 0.15) is 23.8 Å². The van der Waals surface area contributed by atoms with Gasteiger partial charge in [-0.15, -0.1) is 0 Å². The monoisotopic (exact) mass is 267 g/mol. The van der Waals surface area contributed by atoms with Crippen molar-refractivity contribution in [2.24, 2.45) is 0 Å². The van der Waals surface area contributed by atoms with Crippen LogP contribution in [-0.2, 0) is 16.1 Å². The molecule has 1 rings (SSSR count). The van der Waals surface area contributed by atoms with Gasteiger partial charge in [-0.2, -0.15) is 0 Å². The van der Waals surface area contributed by atoms with Crippen LogP contribution in [0.4, 0.5) is 0 Å². The van der Waals surface area contributed by atoms with Gasteiger partial charge < -0.3 is 20.3 Å². The van der Waals surface area contributed by atoms with Crippen LogP contribution < -0.4 is 10.6 Å². The summed E-state index contributed by atoms with van der Waals surface area (Å²) in [5.74, 6) is -1.54. The van der Waals surface area contributed by atoms with E-state index in [4.69, 9.17) is 5.11 Å². The number of nitrogens with zero attached hydrogens (tertiary/aromatic N) is 1. The summed E-state index contributed by atoms with van der Waals surface area (Å²) in [4.78, 5) is 33.5. The fourth-order valence-electron chi connectivity index (χ4n) is 1.56. The van der Waals surface area contributed by atoms with Gasteiger partial charge in [-0.3, -0.25) is 9.59 Å². The van der Waals surface area contributed by atoms with E-state index < -0.39 is 5.97 Å². The molecule has 7 heteroatoms. The maximum atomic E-state index is 11.6. The fourth-order valence-corrected chi connectivity index (χ4v) is 1.56. The summed E-state index contributed by atoms with van der Waals surface area (Å²) in [6, 6.07) is 2.98. The maximum Gasteiger partial charge on any atom is 0.352 e. The Morgan fingerprint density at radius 3 is 2.63 bits per heavy atom. The number of carboxylic acids is 1. The molecule has 7 nitrogen and oxygen atoms in total. The molecule has 0 aliphatic heterocycles. The Kier molecular flexibility index (Phi) is 5.59. The number of carboxylic acid groups (broad SMARTS) is 1. The Morgan fingerprint density at radius 2 is 2.00 bits per heavy atom. The van der Waals surface area contributed by atoms with E-state index >= 15 is 0 Å². The van der Waals surface area contributed by atoms with Crippen molar-refractivity contribution in [1.82, 2.24) is 15.2 Å². The first-order chi connectivity index (χ1) is 9.04. The summed E-state index contributed by atoms with van der Waals surface area (Å²) in [5, 5.41) is 14.0. The van der Waals surface area contributed by atoms with E-state index in [0.717, 1.165) is 0 Å². The van der Waals surface area contributed by atoms with Gasteiger partial charge in [0.2, 0.25) is 11.8 Å². The molecule has 2 amide bonds. The zero-order chi connectivity index (χ0) is 14.3. The number of hydrogen-bond acceptors (Lipinski definition) is 3. The number of amides is 2. The number of nitrogens with one attached hydrogen (secondary N) is 2. The Balaban J connectivity index is 2.37. The van der Waals surface area contributed by atoms with Crippen LogP contribution in [0.5, 0.6) is 0 Å². The molecule has 0 bridgehead atoms. The lowest BCUT2D eigenvalue weighted by Gasteiger charge is -2.07. The van der Waals surface area contributed by atoms with Gasteiger partial charge in [0.1, 0.15) is 12.2 Å². The van der Waals surface area contributed by atoms with Crippen LogP contribution >= 0.6 is 0 Å². The Morgan fingerprint density at radius 1 is 1.26 bits per heavy atom. The molecular weight excluding hydrogens is 250 g/mol. The predicted octanol–water partition coefficient (Wildman–Crippen LogP) is -0.171. The quantitative estimate of drug-likeness (QED) is 0.638. The molecule has 0 saturated carbocycles. The van der Waals surface area contributed by atoms with E-state index in [-0.39, 0.29) is 37.0 Å². The van der Waals surface area contributed by atoms with Crippen molar-refractivity contribution in [3.05, 3.63) is 24.0 Å². The molecule has 19 heavy (non-hydrogen) atoms. The first-order valence-corrected chi connectivity index (χ1v) is 5.96. The highest BCUT2D eigenvalue weighted by molar-refractivity contribution is 5.87. The molecule has 0 aliphatic carbocycles. The normalized spacial score (nSPS) is 9.95. The van der Waals surface area contributed by atoms with Crippen LogP contribution in [0.2, 0.25) is 0 Å². The second-order valence-corrected chi connectivity index (χ2v) is 3.88. The van der Waals surface area contributed by atoms with E-state index in [1.165, 1.54) is 16.8 Å². The third-order valence-electron chi connectivity index (χ3n) is 2.41. The number of carbonyl (C=O) groups is 3. The highest BCUT2D eigenvalue weighted by atomic mass is 16.4. The minimum Gasteiger partial charge on any atom is -0.477 e. The summed E-state index contributed by atoms with van der Waals surface area (Å²) in [5.41, 5.74) is 0.0545. The zero-order valence-electron chi connectivity index (χ0n) is 10.7. The Bertz CT molecular complexity index is 467. The van der Waals surface area contributed by atoms with Crippen LogP contribution in [0.25, 0.3) is 0 Å². The molecule has 104 valence electrons. The van der Waals surface area contributed by atoms with Gasteiger partial charge in [-0.1, -0.05) is 0 Å². The predicted molar refractivity (Wildman–Crippen MR) is 67.7 cm³/mol. The van der Waals surface area contributed by atoms with Crippen molar-refractivity contribution in [3.8, 4) is 0 Å². The second-order valence-electron chi connectivity index (χ2n) is 3.88. The molecule has 3 N–H and O–H groups in total. The van der Waals surface area contributed by atoms with E-state index in [0.29, 0.717) is 6.54 Å². The number of rotatable bonds is 7. The van der Waals surface area contributed by atoms with Gasteiger partial charge in [0, 0.05) is 25.7 Å². The Labute approximate surface area is 110 Å². The molecule has 1 aromatic heterocycles. The molecular formula is C12H17N3O4. The van der Waals surface area contributed by atoms with Gasteiger partial charge in [-0.25, -0.2) is 4.79 Å². The Hall–Kier alpha value is -2.31. The third kappa shape index (κ3) is 4.82. The van der Waals surface area contributed by atoms with Crippen molar-refractivity contribution < 1.29 is 19.5 Å². The molecule has 0 saturated heterocycles. The van der Waals surface area contributed by atoms with Crippen molar-refractivity contribution in [2.45, 2.75) is 19.9 Å². The standard InChI is InChI=1S/C12H17N3O4/c1-2-13-10(16)5-6-14-11(17)8-15-7-3-4-9(15)12(18)19/h3-4,7H,2,5-6,8H2,1H3,(H,13,16)(H,14,17)(H,18,19). The summed E-state index contributed by atoms with van der Waals surface area (Å²) in [6.07, 6.45) is 1.73. The largest absolute Gasteiger partial charge is 0.477 e. The van der Waals surface area contributed by atoms with Crippen molar-refractivity contribution >= 4 is 17.8 Å². The van der Waals surface area contributed by atoms with Gasteiger partial charge in [0.25, 0.3) is 0 Å². The zero-order valence-corrected chi connectivity index (χ0v) is 10.7. The van der Waals surface area contributed by atoms with E-state index in [1.807, 2.05) is 6.92 Å². The molecule has 1 heterocycles. The molecule has 0 radical (unpaired) electrons. The van der Waals surface area contributed by atoms with E-state index in [1.54, 1.807) is 6.07 Å². The average Bonchev–Trinajstić information content (AvgIpc) is 2.77. The van der Waals surface area contributed by atoms with Gasteiger partial charge in [0.05, 0.1) is 0 Å². The average molecular weight is 267 g/mol. The number of aromatic carboxylic acids is 1. The summed E-state index contributed by atoms with van der Waals surface area (Å²) in [7, 11) is 0. The SMILES string of the molecule is CCNC(=O)CCNC(=O)Cn1cccc1C(=O)O. The van der Waals surface area contributed by atoms with Gasteiger partial charge >= 0.3 is 5.97 Å². The minimum atomic E-state index is -1.08. The van der Waals surface area contributed by atoms with Crippen LogP contribution in [0.15, 0.2) is 18.3 Å². The van der Waals surface area contributed by atoms with Crippen molar-refractivity contribution in [2.75, 3.05) is 13.1 Å². The molecule has 0 aromatic carbocycles. The smallest absolute Gasteiger partial charge is 0.352 e. The topological polar surface area (TPSA) is 100 Å². The lowest BCUT2D eigenvalue weighted by atomic mass is 10.4. The highest BCUT2D eigenvalue weighted by Gasteiger charge is 2.11. The van der Waals surface area contributed by atoms with Gasteiger partial charge in [0.15, 0.2) is 0 Å². The second kappa shape index (κ2) is 7.20. The van der Waals surface area contributed by atoms with Crippen LogP contribution in [0.3, 0.4) is 0 Å². The van der Waals surface area contributed by atoms with Crippen LogP contribution in [-0.4, -0.2) is 40.5 Å². The fraction of sp³-hybridized carbons (Fsp3) is 0.417. The van der Waals surface area contributed by atoms with E-state index in [2.05, 4.69) is 10.6 Å². The van der Waals surface area contributed by atoms with Gasteiger partial charge in [-0.05, 0) is 19.1 Å². The molecule has 1 aromatic rings. The number of hydrogen-bond donors (Lipinski definition) is 3. The first-order valence-electron chi connectivity index (χ1n) is 5.96. The van der Waals surface area contributed by atoms with Crippen molar-refractivity contribution in [1.29, 1.82) is 0 Å². The molecule has 0 spiro atoms. The number of carbonyl (C=O) groups excluding carboxylic acids is 2. The highest BCUT2D eigenvalue weighted by Crippen LogP contribution is 2.01. The van der Waals surface area contributed by atoms with Crippen LogP contribution in [0, 0.1) is 0 Å². The van der Waals surface area contributed by atoms with E-state index in [9.17, 15) is 14.4 Å². The minimum absolute atomic E-state index is 0.0545. The summed E-state index contributed by atoms with van der Waals surface area (Å²) < 4.78 is 1.34. The molecule has 0 fully saturated rings. The lowest BCUT2D eigenvalue weighted by Crippen LogP contribution is -2.32. The summed E-state index contributed by atoms with van der Waals surface area (Å²) in [6.45, 7) is 2.52. The summed E-state index contributed by atoms with van der Waals surface area (Å²) >= 11 is 0.